The summed E-state index contributed by atoms with van der Waals surface area (Å²) >= 11 is 0. The Morgan fingerprint density at radius 3 is 2.62 bits per heavy atom. The van der Waals surface area contributed by atoms with Gasteiger partial charge in [-0.25, -0.2) is 0 Å². The third kappa shape index (κ3) is 2.14. The van der Waals surface area contributed by atoms with Gasteiger partial charge in [-0.3, -0.25) is 0 Å². The van der Waals surface area contributed by atoms with Crippen LogP contribution in [-0.4, -0.2) is 6.61 Å². The minimum atomic E-state index is 0.237. The average Bonchev–Trinajstić information content (AvgIpc) is 2.55. The minimum absolute atomic E-state index is 0.237. The Kier molecular flexibility index (Phi) is 3.19. The van der Waals surface area contributed by atoms with Gasteiger partial charge in [0.15, 0.2) is 0 Å². The van der Waals surface area contributed by atoms with E-state index in [1.807, 2.05) is 0 Å². The van der Waals surface area contributed by atoms with Crippen molar-refractivity contribution < 1.29 is 4.74 Å². The molecule has 0 radical (unpaired) electrons. The molecule has 2 aliphatic rings. The summed E-state index contributed by atoms with van der Waals surface area (Å²) in [5, 5.41) is 3.77. The Morgan fingerprint density at radius 1 is 1.00 bits per heavy atom. The van der Waals surface area contributed by atoms with Gasteiger partial charge in [-0.05, 0) is 37.0 Å². The highest BCUT2D eigenvalue weighted by molar-refractivity contribution is 5.57. The Hall–Kier alpha value is -1.80. The second-order valence-corrected chi connectivity index (χ2v) is 6.16. The highest BCUT2D eigenvalue weighted by Gasteiger charge is 2.39. The summed E-state index contributed by atoms with van der Waals surface area (Å²) in [5.41, 5.74) is 5.33. The number of rotatable bonds is 1. The van der Waals surface area contributed by atoms with Crippen molar-refractivity contribution in [1.29, 1.82) is 0 Å². The van der Waals surface area contributed by atoms with Crippen LogP contribution in [0.2, 0.25) is 0 Å². The second kappa shape index (κ2) is 5.19. The zero-order chi connectivity index (χ0) is 14.2. The second-order valence-electron chi connectivity index (χ2n) is 6.16. The molecule has 2 heterocycles. The molecule has 1 fully saturated rings. The van der Waals surface area contributed by atoms with Crippen molar-refractivity contribution in [2.45, 2.75) is 31.9 Å². The molecule has 0 spiro atoms. The molecule has 2 aromatic rings. The molecule has 0 saturated carbocycles. The number of benzene rings is 2. The SMILES string of the molecule is Cc1ccccc1[C@@H]1Nc2ccccc2[C@H]2OCCC[C@H]21. The Labute approximate surface area is 126 Å². The number of hydrogen-bond acceptors (Lipinski definition) is 2. The van der Waals surface area contributed by atoms with Crippen molar-refractivity contribution in [2.75, 3.05) is 11.9 Å². The van der Waals surface area contributed by atoms with Gasteiger partial charge in [0.05, 0.1) is 12.1 Å². The number of para-hydroxylation sites is 1. The van der Waals surface area contributed by atoms with Crippen LogP contribution in [0, 0.1) is 12.8 Å². The van der Waals surface area contributed by atoms with Gasteiger partial charge in [-0.2, -0.15) is 0 Å². The van der Waals surface area contributed by atoms with Crippen molar-refractivity contribution in [2.24, 2.45) is 5.92 Å². The highest BCUT2D eigenvalue weighted by atomic mass is 16.5. The molecule has 4 rings (SSSR count). The van der Waals surface area contributed by atoms with E-state index in [9.17, 15) is 0 Å². The van der Waals surface area contributed by atoms with Crippen LogP contribution in [0.25, 0.3) is 0 Å². The number of hydrogen-bond donors (Lipinski definition) is 1. The first kappa shape index (κ1) is 12.9. The minimum Gasteiger partial charge on any atom is -0.378 e. The molecule has 0 aromatic heterocycles. The van der Waals surface area contributed by atoms with E-state index in [-0.39, 0.29) is 6.10 Å². The lowest BCUT2D eigenvalue weighted by molar-refractivity contribution is -0.0381. The summed E-state index contributed by atoms with van der Waals surface area (Å²) < 4.78 is 6.16. The predicted molar refractivity (Wildman–Crippen MR) is 85.4 cm³/mol. The van der Waals surface area contributed by atoms with E-state index in [1.54, 1.807) is 0 Å². The Balaban J connectivity index is 1.80. The number of nitrogens with one attached hydrogen (secondary N) is 1. The third-order valence-corrected chi connectivity index (χ3v) is 4.90. The predicted octanol–water partition coefficient (Wildman–Crippen LogP) is 4.63. The summed E-state index contributed by atoms with van der Waals surface area (Å²) in [4.78, 5) is 0. The van der Waals surface area contributed by atoms with E-state index in [0.717, 1.165) is 13.0 Å². The summed E-state index contributed by atoms with van der Waals surface area (Å²) in [7, 11) is 0. The molecule has 0 amide bonds. The molecule has 2 heteroatoms. The van der Waals surface area contributed by atoms with Gasteiger partial charge in [-0.15, -0.1) is 0 Å². The normalized spacial score (nSPS) is 27.4. The van der Waals surface area contributed by atoms with Crippen molar-refractivity contribution in [1.82, 2.24) is 0 Å². The molecule has 2 aromatic carbocycles. The van der Waals surface area contributed by atoms with Gasteiger partial charge >= 0.3 is 0 Å². The van der Waals surface area contributed by atoms with E-state index < -0.39 is 0 Å². The quantitative estimate of drug-likeness (QED) is 0.821. The largest absolute Gasteiger partial charge is 0.378 e. The van der Waals surface area contributed by atoms with E-state index in [0.29, 0.717) is 12.0 Å². The topological polar surface area (TPSA) is 21.3 Å². The number of aryl methyl sites for hydroxylation is 1. The highest BCUT2D eigenvalue weighted by Crippen LogP contribution is 2.49. The third-order valence-electron chi connectivity index (χ3n) is 4.90. The first-order chi connectivity index (χ1) is 10.3. The average molecular weight is 279 g/mol. The van der Waals surface area contributed by atoms with Gasteiger partial charge < -0.3 is 10.1 Å². The maximum atomic E-state index is 6.16. The molecule has 1 saturated heterocycles. The maximum absolute atomic E-state index is 6.16. The first-order valence-electron chi connectivity index (χ1n) is 7.87. The Bertz CT molecular complexity index is 652. The summed E-state index contributed by atoms with van der Waals surface area (Å²) in [6, 6.07) is 17.7. The van der Waals surface area contributed by atoms with E-state index in [4.69, 9.17) is 4.74 Å². The zero-order valence-corrected chi connectivity index (χ0v) is 12.4. The van der Waals surface area contributed by atoms with E-state index in [1.165, 1.54) is 28.8 Å². The number of ether oxygens (including phenoxy) is 1. The summed E-state index contributed by atoms with van der Waals surface area (Å²) in [6.07, 6.45) is 2.62. The number of anilines is 1. The van der Waals surface area contributed by atoms with Gasteiger partial charge in [0, 0.05) is 23.8 Å². The van der Waals surface area contributed by atoms with Crippen molar-refractivity contribution in [3.63, 3.8) is 0 Å². The number of fused-ring (bicyclic) bond motifs is 3. The van der Waals surface area contributed by atoms with Crippen LogP contribution in [0.15, 0.2) is 48.5 Å². The van der Waals surface area contributed by atoms with Crippen molar-refractivity contribution in [3.8, 4) is 0 Å². The molecule has 2 aliphatic heterocycles. The molecule has 2 nitrogen and oxygen atoms in total. The van der Waals surface area contributed by atoms with Gasteiger partial charge in [-0.1, -0.05) is 42.5 Å². The lowest BCUT2D eigenvalue weighted by atomic mass is 9.77. The van der Waals surface area contributed by atoms with Gasteiger partial charge in [0.2, 0.25) is 0 Å². The smallest absolute Gasteiger partial charge is 0.0895 e. The van der Waals surface area contributed by atoms with Crippen molar-refractivity contribution >= 4 is 5.69 Å². The zero-order valence-electron chi connectivity index (χ0n) is 12.4. The molecule has 21 heavy (non-hydrogen) atoms. The van der Waals surface area contributed by atoms with E-state index in [2.05, 4.69) is 60.8 Å². The van der Waals surface area contributed by atoms with Crippen molar-refractivity contribution in [3.05, 3.63) is 65.2 Å². The standard InChI is InChI=1S/C19H21NO/c1-13-7-2-3-8-14(13)18-16-10-6-12-21-19(16)15-9-4-5-11-17(15)20-18/h2-5,7-9,11,16,18-20H,6,10,12H2,1H3/t16-,18-,19+/m0/s1. The summed E-state index contributed by atoms with van der Waals surface area (Å²) in [5.74, 6) is 0.523. The molecule has 108 valence electrons. The fourth-order valence-corrected chi connectivity index (χ4v) is 3.86. The molecule has 0 unspecified atom stereocenters. The Morgan fingerprint density at radius 2 is 1.76 bits per heavy atom. The molecular formula is C19H21NO. The molecule has 0 bridgehead atoms. The van der Waals surface area contributed by atoms with Crippen LogP contribution in [-0.2, 0) is 4.74 Å². The molecule has 0 aliphatic carbocycles. The van der Waals surface area contributed by atoms with Gasteiger partial charge in [0.1, 0.15) is 0 Å². The van der Waals surface area contributed by atoms with Gasteiger partial charge in [0.25, 0.3) is 0 Å². The fraction of sp³-hybridized carbons (Fsp3) is 0.368. The van der Waals surface area contributed by atoms with E-state index >= 15 is 0 Å². The van der Waals surface area contributed by atoms with Crippen LogP contribution >= 0.6 is 0 Å². The van der Waals surface area contributed by atoms with Crippen LogP contribution in [0.5, 0.6) is 0 Å². The summed E-state index contributed by atoms with van der Waals surface area (Å²) in [6.45, 7) is 3.09. The van der Waals surface area contributed by atoms with Crippen LogP contribution < -0.4 is 5.32 Å². The van der Waals surface area contributed by atoms with Crippen LogP contribution in [0.1, 0.15) is 41.7 Å². The lowest BCUT2D eigenvalue weighted by Crippen LogP contribution is -2.36. The molecule has 3 atom stereocenters. The van der Waals surface area contributed by atoms with Crippen LogP contribution in [0.4, 0.5) is 5.69 Å². The monoisotopic (exact) mass is 279 g/mol. The maximum Gasteiger partial charge on any atom is 0.0895 e. The first-order valence-corrected chi connectivity index (χ1v) is 7.87. The van der Waals surface area contributed by atoms with Crippen LogP contribution in [0.3, 0.4) is 0 Å². The fourth-order valence-electron chi connectivity index (χ4n) is 3.86. The molecular weight excluding hydrogens is 258 g/mol. The lowest BCUT2D eigenvalue weighted by Gasteiger charge is -2.43. The molecule has 1 N–H and O–H groups in total.